The maximum atomic E-state index is 3.41. The first-order chi connectivity index (χ1) is 10.9. The molecule has 4 saturated heterocycles. The van der Waals surface area contributed by atoms with E-state index in [1.807, 2.05) is 0 Å². The van der Waals surface area contributed by atoms with Crippen LogP contribution in [-0.4, -0.2) is 74.2 Å². The van der Waals surface area contributed by atoms with E-state index in [4.69, 9.17) is 0 Å². The summed E-state index contributed by atoms with van der Waals surface area (Å²) in [6.45, 7) is 10.4. The van der Waals surface area contributed by atoms with Gasteiger partial charge >= 0.3 is 0 Å². The Hall–Kier alpha value is -0.160. The summed E-state index contributed by atoms with van der Waals surface area (Å²) < 4.78 is 0. The van der Waals surface area contributed by atoms with E-state index in [9.17, 15) is 0 Å². The van der Waals surface area contributed by atoms with Crippen molar-refractivity contribution < 1.29 is 0 Å². The van der Waals surface area contributed by atoms with Gasteiger partial charge in [-0.3, -0.25) is 0 Å². The van der Waals surface area contributed by atoms with Crippen LogP contribution in [0.3, 0.4) is 0 Å². The Labute approximate surface area is 137 Å². The van der Waals surface area contributed by atoms with Gasteiger partial charge in [0.25, 0.3) is 0 Å². The molecule has 0 saturated carbocycles. The Kier molecular flexibility index (Phi) is 6.99. The maximum Gasteiger partial charge on any atom is 0.0119 e. The molecule has 4 heteroatoms. The average Bonchev–Trinajstić information content (AvgIpc) is 3.31. The van der Waals surface area contributed by atoms with Crippen LogP contribution in [0.2, 0.25) is 0 Å². The van der Waals surface area contributed by atoms with Crippen LogP contribution in [0.4, 0.5) is 0 Å². The number of piperidine rings is 2. The lowest BCUT2D eigenvalue weighted by Gasteiger charge is -2.31. The largest absolute Gasteiger partial charge is 0.317 e. The van der Waals surface area contributed by atoms with Gasteiger partial charge < -0.3 is 20.4 Å². The van der Waals surface area contributed by atoms with Crippen LogP contribution in [-0.2, 0) is 0 Å². The maximum absolute atomic E-state index is 3.41. The number of rotatable bonds is 2. The van der Waals surface area contributed by atoms with Gasteiger partial charge in [0.05, 0.1) is 0 Å². The number of hydrogen-bond acceptors (Lipinski definition) is 4. The van der Waals surface area contributed by atoms with Crippen molar-refractivity contribution in [2.45, 2.75) is 63.5 Å². The first-order valence-electron chi connectivity index (χ1n) is 9.83. The molecular formula is C18H36N4. The molecule has 4 fully saturated rings. The van der Waals surface area contributed by atoms with Crippen molar-refractivity contribution >= 4 is 0 Å². The van der Waals surface area contributed by atoms with Crippen molar-refractivity contribution in [2.75, 3.05) is 52.4 Å². The lowest BCUT2D eigenvalue weighted by molar-refractivity contribution is 0.199. The molecule has 0 aromatic heterocycles. The lowest BCUT2D eigenvalue weighted by Crippen LogP contribution is -2.41. The highest BCUT2D eigenvalue weighted by Crippen LogP contribution is 2.18. The van der Waals surface area contributed by atoms with Crippen LogP contribution in [0, 0.1) is 0 Å². The quantitative estimate of drug-likeness (QED) is 0.812. The Balaban J connectivity index is 0.000000131. The summed E-state index contributed by atoms with van der Waals surface area (Å²) in [4.78, 5) is 5.36. The molecular weight excluding hydrogens is 272 g/mol. The summed E-state index contributed by atoms with van der Waals surface area (Å²) in [6, 6.07) is 1.83. The van der Waals surface area contributed by atoms with Crippen molar-refractivity contribution in [3.63, 3.8) is 0 Å². The molecule has 0 spiro atoms. The zero-order valence-electron chi connectivity index (χ0n) is 14.4. The molecule has 4 aliphatic heterocycles. The highest BCUT2D eigenvalue weighted by molar-refractivity contribution is 4.81. The van der Waals surface area contributed by atoms with Gasteiger partial charge in [0, 0.05) is 12.1 Å². The molecule has 2 N–H and O–H groups in total. The topological polar surface area (TPSA) is 30.5 Å². The van der Waals surface area contributed by atoms with Crippen LogP contribution < -0.4 is 10.6 Å². The summed E-state index contributed by atoms with van der Waals surface area (Å²) in [6.07, 6.45) is 11.2. The fraction of sp³-hybridized carbons (Fsp3) is 1.00. The summed E-state index contributed by atoms with van der Waals surface area (Å²) in [7, 11) is 0. The Morgan fingerprint density at radius 3 is 1.14 bits per heavy atom. The lowest BCUT2D eigenvalue weighted by atomic mass is 10.1. The molecule has 4 aliphatic rings. The van der Waals surface area contributed by atoms with Crippen molar-refractivity contribution in [3.8, 4) is 0 Å². The van der Waals surface area contributed by atoms with Crippen LogP contribution in [0.15, 0.2) is 0 Å². The van der Waals surface area contributed by atoms with Gasteiger partial charge in [-0.1, -0.05) is 0 Å². The monoisotopic (exact) mass is 308 g/mol. The first-order valence-corrected chi connectivity index (χ1v) is 9.83. The fourth-order valence-corrected chi connectivity index (χ4v) is 4.56. The molecule has 0 aromatic carbocycles. The van der Waals surface area contributed by atoms with E-state index in [0.717, 1.165) is 12.1 Å². The van der Waals surface area contributed by atoms with E-state index >= 15 is 0 Å². The minimum Gasteiger partial charge on any atom is -0.317 e. The standard InChI is InChI=1S/2C9H18N2/c2*1-2-8-11(7-1)9-3-5-10-6-4-9/h2*9-10H,1-8H2. The minimum absolute atomic E-state index is 0.916. The molecule has 4 nitrogen and oxygen atoms in total. The first kappa shape index (κ1) is 16.7. The van der Waals surface area contributed by atoms with E-state index < -0.39 is 0 Å². The van der Waals surface area contributed by atoms with E-state index in [-0.39, 0.29) is 0 Å². The Morgan fingerprint density at radius 2 is 0.818 bits per heavy atom. The van der Waals surface area contributed by atoms with Crippen LogP contribution in [0.25, 0.3) is 0 Å². The second kappa shape index (κ2) is 9.21. The molecule has 4 rings (SSSR count). The summed E-state index contributed by atoms with van der Waals surface area (Å²) in [5.41, 5.74) is 0. The number of nitrogens with one attached hydrogen (secondary N) is 2. The van der Waals surface area contributed by atoms with Crippen molar-refractivity contribution in [1.29, 1.82) is 0 Å². The molecule has 22 heavy (non-hydrogen) atoms. The second-order valence-corrected chi connectivity index (χ2v) is 7.45. The van der Waals surface area contributed by atoms with Crippen LogP contribution in [0.1, 0.15) is 51.4 Å². The van der Waals surface area contributed by atoms with E-state index in [0.29, 0.717) is 0 Å². The predicted molar refractivity (Wildman–Crippen MR) is 93.4 cm³/mol. The molecule has 0 amide bonds. The average molecular weight is 309 g/mol. The third-order valence-electron chi connectivity index (χ3n) is 5.93. The number of likely N-dealkylation sites (tertiary alicyclic amines) is 2. The predicted octanol–water partition coefficient (Wildman–Crippen LogP) is 1.67. The molecule has 0 radical (unpaired) electrons. The van der Waals surface area contributed by atoms with Crippen LogP contribution >= 0.6 is 0 Å². The van der Waals surface area contributed by atoms with Gasteiger partial charge in [-0.25, -0.2) is 0 Å². The van der Waals surface area contributed by atoms with Gasteiger partial charge in [0.2, 0.25) is 0 Å². The zero-order valence-corrected chi connectivity index (χ0v) is 14.4. The molecule has 0 unspecified atom stereocenters. The third-order valence-corrected chi connectivity index (χ3v) is 5.93. The fourth-order valence-electron chi connectivity index (χ4n) is 4.56. The van der Waals surface area contributed by atoms with Crippen molar-refractivity contribution in [3.05, 3.63) is 0 Å². The van der Waals surface area contributed by atoms with Gasteiger partial charge in [-0.2, -0.15) is 0 Å². The van der Waals surface area contributed by atoms with Crippen LogP contribution in [0.5, 0.6) is 0 Å². The van der Waals surface area contributed by atoms with Crippen molar-refractivity contribution in [2.24, 2.45) is 0 Å². The van der Waals surface area contributed by atoms with E-state index in [1.54, 1.807) is 0 Å². The zero-order chi connectivity index (χ0) is 15.0. The molecule has 0 bridgehead atoms. The highest BCUT2D eigenvalue weighted by Gasteiger charge is 2.23. The minimum atomic E-state index is 0.916. The number of nitrogens with zero attached hydrogens (tertiary/aromatic N) is 2. The summed E-state index contributed by atoms with van der Waals surface area (Å²) >= 11 is 0. The van der Waals surface area contributed by atoms with Gasteiger partial charge in [-0.05, 0) is 104 Å². The molecule has 0 aliphatic carbocycles. The summed E-state index contributed by atoms with van der Waals surface area (Å²) in [5, 5.41) is 6.82. The molecule has 4 heterocycles. The van der Waals surface area contributed by atoms with Crippen molar-refractivity contribution in [1.82, 2.24) is 20.4 Å². The normalized spacial score (nSPS) is 29.5. The van der Waals surface area contributed by atoms with E-state index in [2.05, 4.69) is 20.4 Å². The second-order valence-electron chi connectivity index (χ2n) is 7.45. The molecule has 128 valence electrons. The Morgan fingerprint density at radius 1 is 0.500 bits per heavy atom. The molecule has 0 aromatic rings. The van der Waals surface area contributed by atoms with Gasteiger partial charge in [0.1, 0.15) is 0 Å². The Bertz CT molecular complexity index is 255. The highest BCUT2D eigenvalue weighted by atomic mass is 15.2. The smallest absolute Gasteiger partial charge is 0.0119 e. The van der Waals surface area contributed by atoms with Gasteiger partial charge in [0.15, 0.2) is 0 Å². The SMILES string of the molecule is C1CCN(C2CCNCC2)C1.C1CCN(C2CCNCC2)C1. The molecule has 0 atom stereocenters. The third kappa shape index (κ3) is 4.92. The van der Waals surface area contributed by atoms with Gasteiger partial charge in [-0.15, -0.1) is 0 Å². The number of hydrogen-bond donors (Lipinski definition) is 2. The van der Waals surface area contributed by atoms with E-state index in [1.165, 1.54) is 104 Å². The summed E-state index contributed by atoms with van der Waals surface area (Å²) in [5.74, 6) is 0.